The smallest absolute Gasteiger partial charge is 0.410 e. The normalized spacial score (nSPS) is 17.5. The zero-order valence-electron chi connectivity index (χ0n) is 15.5. The molecular weight excluding hydrogens is 304 g/mol. The first-order valence-corrected chi connectivity index (χ1v) is 8.59. The molecule has 0 saturated carbocycles. The van der Waals surface area contributed by atoms with Gasteiger partial charge in [0, 0.05) is 25.3 Å². The van der Waals surface area contributed by atoms with E-state index < -0.39 is 11.2 Å². The van der Waals surface area contributed by atoms with Gasteiger partial charge in [-0.05, 0) is 70.7 Å². The lowest BCUT2D eigenvalue weighted by molar-refractivity contribution is -0.0244. The first kappa shape index (κ1) is 18.6. The van der Waals surface area contributed by atoms with Crippen LogP contribution in [0.25, 0.3) is 0 Å². The number of carbonyl (C=O) groups excluding carboxylic acids is 1. The molecule has 1 aromatic carbocycles. The predicted octanol–water partition coefficient (Wildman–Crippen LogP) is 3.48. The molecule has 1 aliphatic heterocycles. The zero-order chi connectivity index (χ0) is 18.0. The highest BCUT2D eigenvalue weighted by molar-refractivity contribution is 5.68. The number of rotatable bonds is 3. The van der Waals surface area contributed by atoms with E-state index in [9.17, 15) is 9.90 Å². The van der Waals surface area contributed by atoms with Crippen molar-refractivity contribution in [3.63, 3.8) is 0 Å². The first-order chi connectivity index (χ1) is 11.1. The molecule has 1 fully saturated rings. The molecule has 0 spiro atoms. The largest absolute Gasteiger partial charge is 0.444 e. The van der Waals surface area contributed by atoms with Crippen LogP contribution < -0.4 is 5.32 Å². The molecule has 1 saturated heterocycles. The molecular formula is C19H30N2O3. The number of hydrogen-bond donors (Lipinski definition) is 2. The van der Waals surface area contributed by atoms with E-state index in [1.165, 1.54) is 11.1 Å². The highest BCUT2D eigenvalue weighted by Crippen LogP contribution is 2.25. The Labute approximate surface area is 145 Å². The molecule has 5 nitrogen and oxygen atoms in total. The van der Waals surface area contributed by atoms with Gasteiger partial charge in [0.2, 0.25) is 0 Å². The fraction of sp³-hybridized carbons (Fsp3) is 0.632. The summed E-state index contributed by atoms with van der Waals surface area (Å²) >= 11 is 0. The molecule has 24 heavy (non-hydrogen) atoms. The monoisotopic (exact) mass is 334 g/mol. The number of aliphatic hydroxyl groups is 1. The fourth-order valence-electron chi connectivity index (χ4n) is 2.73. The third kappa shape index (κ3) is 5.13. The lowest BCUT2D eigenvalue weighted by atomic mass is 9.91. The fourth-order valence-corrected chi connectivity index (χ4v) is 2.73. The van der Waals surface area contributed by atoms with Gasteiger partial charge in [-0.3, -0.25) is 0 Å². The summed E-state index contributed by atoms with van der Waals surface area (Å²) < 4.78 is 5.39. The summed E-state index contributed by atoms with van der Waals surface area (Å²) in [6.07, 6.45) is 0.792. The number of nitrogens with one attached hydrogen (secondary N) is 1. The molecule has 0 aromatic heterocycles. The number of anilines is 1. The highest BCUT2D eigenvalue weighted by Gasteiger charge is 2.35. The number of aryl methyl sites for hydroxylation is 2. The summed E-state index contributed by atoms with van der Waals surface area (Å²) in [5.41, 5.74) is 2.21. The Kier molecular flexibility index (Phi) is 5.43. The van der Waals surface area contributed by atoms with Crippen LogP contribution in [0.1, 0.15) is 44.7 Å². The molecule has 134 valence electrons. The van der Waals surface area contributed by atoms with Gasteiger partial charge in [0.05, 0.1) is 5.60 Å². The Hall–Kier alpha value is -1.75. The van der Waals surface area contributed by atoms with Crippen molar-refractivity contribution in [2.45, 2.75) is 58.7 Å². The maximum absolute atomic E-state index is 12.1. The topological polar surface area (TPSA) is 61.8 Å². The van der Waals surface area contributed by atoms with E-state index in [4.69, 9.17) is 4.74 Å². The van der Waals surface area contributed by atoms with E-state index in [1.54, 1.807) is 4.90 Å². The molecule has 0 unspecified atom stereocenters. The highest BCUT2D eigenvalue weighted by atomic mass is 16.6. The quantitative estimate of drug-likeness (QED) is 0.888. The summed E-state index contributed by atoms with van der Waals surface area (Å²) in [6.45, 7) is 11.3. The van der Waals surface area contributed by atoms with Crippen LogP contribution in [0.2, 0.25) is 0 Å². The van der Waals surface area contributed by atoms with Crippen LogP contribution in [-0.2, 0) is 4.74 Å². The van der Waals surface area contributed by atoms with E-state index in [0.29, 0.717) is 32.5 Å². The van der Waals surface area contributed by atoms with Crippen LogP contribution in [0.5, 0.6) is 0 Å². The third-order valence-corrected chi connectivity index (χ3v) is 4.47. The van der Waals surface area contributed by atoms with Crippen LogP contribution in [0.4, 0.5) is 10.5 Å². The van der Waals surface area contributed by atoms with Gasteiger partial charge in [-0.1, -0.05) is 6.07 Å². The van der Waals surface area contributed by atoms with Gasteiger partial charge in [-0.15, -0.1) is 0 Å². The second-order valence-electron chi connectivity index (χ2n) is 7.84. The molecule has 0 bridgehead atoms. The molecule has 2 N–H and O–H groups in total. The average Bonchev–Trinajstić information content (AvgIpc) is 2.47. The number of likely N-dealkylation sites (tertiary alicyclic amines) is 1. The van der Waals surface area contributed by atoms with Gasteiger partial charge in [-0.2, -0.15) is 0 Å². The predicted molar refractivity (Wildman–Crippen MR) is 96.4 cm³/mol. The van der Waals surface area contributed by atoms with E-state index >= 15 is 0 Å². The SMILES string of the molecule is Cc1ccc(NCC2(O)CCN(C(=O)OC(C)(C)C)CC2)cc1C. The molecule has 1 heterocycles. The molecule has 0 radical (unpaired) electrons. The summed E-state index contributed by atoms with van der Waals surface area (Å²) in [5.74, 6) is 0. The van der Waals surface area contributed by atoms with Crippen LogP contribution in [0.15, 0.2) is 18.2 Å². The molecule has 0 atom stereocenters. The Morgan fingerprint density at radius 2 is 1.88 bits per heavy atom. The summed E-state index contributed by atoms with van der Waals surface area (Å²) in [5, 5.41) is 14.1. The number of carbonyl (C=O) groups is 1. The molecule has 1 amide bonds. The van der Waals surface area contributed by atoms with Gasteiger partial charge in [0.25, 0.3) is 0 Å². The lowest BCUT2D eigenvalue weighted by Crippen LogP contribution is -2.50. The van der Waals surface area contributed by atoms with Crippen molar-refractivity contribution in [1.82, 2.24) is 4.90 Å². The zero-order valence-corrected chi connectivity index (χ0v) is 15.5. The average molecular weight is 334 g/mol. The number of amides is 1. The van der Waals surface area contributed by atoms with E-state index in [1.807, 2.05) is 26.8 Å². The Balaban J connectivity index is 1.85. The van der Waals surface area contributed by atoms with Crippen molar-refractivity contribution in [2.75, 3.05) is 25.0 Å². The third-order valence-electron chi connectivity index (χ3n) is 4.47. The van der Waals surface area contributed by atoms with E-state index in [0.717, 1.165) is 5.69 Å². The second kappa shape index (κ2) is 7.01. The summed E-state index contributed by atoms with van der Waals surface area (Å²) in [4.78, 5) is 13.8. The molecule has 1 aromatic rings. The standard InChI is InChI=1S/C19H30N2O3/c1-14-6-7-16(12-15(14)2)20-13-19(23)8-10-21(11-9-19)17(22)24-18(3,4)5/h6-7,12,20,23H,8-11,13H2,1-5H3. The van der Waals surface area contributed by atoms with Gasteiger partial charge >= 0.3 is 6.09 Å². The second-order valence-corrected chi connectivity index (χ2v) is 7.84. The lowest BCUT2D eigenvalue weighted by Gasteiger charge is -2.38. The van der Waals surface area contributed by atoms with Gasteiger partial charge in [0.1, 0.15) is 5.60 Å². The minimum atomic E-state index is -0.794. The number of hydrogen-bond acceptors (Lipinski definition) is 4. The molecule has 1 aliphatic rings. The maximum Gasteiger partial charge on any atom is 0.410 e. The minimum Gasteiger partial charge on any atom is -0.444 e. The first-order valence-electron chi connectivity index (χ1n) is 8.59. The Morgan fingerprint density at radius 1 is 1.25 bits per heavy atom. The number of piperidine rings is 1. The molecule has 5 heteroatoms. The van der Waals surface area contributed by atoms with Crippen molar-refractivity contribution in [1.29, 1.82) is 0 Å². The van der Waals surface area contributed by atoms with Crippen molar-refractivity contribution >= 4 is 11.8 Å². The minimum absolute atomic E-state index is 0.299. The molecule has 2 rings (SSSR count). The number of nitrogens with zero attached hydrogens (tertiary/aromatic N) is 1. The maximum atomic E-state index is 12.1. The van der Waals surface area contributed by atoms with E-state index in [2.05, 4.69) is 31.3 Å². The summed E-state index contributed by atoms with van der Waals surface area (Å²) in [7, 11) is 0. The summed E-state index contributed by atoms with van der Waals surface area (Å²) in [6, 6.07) is 6.20. The number of ether oxygens (including phenoxy) is 1. The Bertz CT molecular complexity index is 585. The van der Waals surface area contributed by atoms with Crippen molar-refractivity contribution in [3.8, 4) is 0 Å². The Morgan fingerprint density at radius 3 is 2.42 bits per heavy atom. The van der Waals surface area contributed by atoms with Gasteiger partial charge < -0.3 is 20.1 Å². The van der Waals surface area contributed by atoms with Crippen molar-refractivity contribution in [2.24, 2.45) is 0 Å². The van der Waals surface area contributed by atoms with Crippen molar-refractivity contribution in [3.05, 3.63) is 29.3 Å². The van der Waals surface area contributed by atoms with Crippen LogP contribution >= 0.6 is 0 Å². The van der Waals surface area contributed by atoms with E-state index in [-0.39, 0.29) is 6.09 Å². The molecule has 0 aliphatic carbocycles. The number of benzene rings is 1. The van der Waals surface area contributed by atoms with Crippen LogP contribution in [0, 0.1) is 13.8 Å². The van der Waals surface area contributed by atoms with Gasteiger partial charge in [-0.25, -0.2) is 4.79 Å². The van der Waals surface area contributed by atoms with Crippen LogP contribution in [0.3, 0.4) is 0 Å². The van der Waals surface area contributed by atoms with Crippen molar-refractivity contribution < 1.29 is 14.6 Å². The van der Waals surface area contributed by atoms with Gasteiger partial charge in [0.15, 0.2) is 0 Å². The van der Waals surface area contributed by atoms with Crippen LogP contribution in [-0.4, -0.2) is 46.9 Å².